The number of aromatic nitrogens is 2. The monoisotopic (exact) mass is 493 g/mol. The minimum Gasteiger partial charge on any atom is -0.373 e. The number of nitrogens with one attached hydrogen (secondary N) is 2. The molecule has 0 saturated heterocycles. The molecule has 1 saturated carbocycles. The summed E-state index contributed by atoms with van der Waals surface area (Å²) in [5.41, 5.74) is -1.45. The first-order chi connectivity index (χ1) is 15.8. The van der Waals surface area contributed by atoms with Crippen molar-refractivity contribution in [2.45, 2.75) is 57.0 Å². The summed E-state index contributed by atoms with van der Waals surface area (Å²) in [6.45, 7) is 1.81. The molecule has 6 nitrogen and oxygen atoms in total. The van der Waals surface area contributed by atoms with Gasteiger partial charge in [-0.05, 0) is 50.8 Å². The Morgan fingerprint density at radius 2 is 1.71 bits per heavy atom. The van der Waals surface area contributed by atoms with Gasteiger partial charge in [-0.15, -0.1) is 0 Å². The zero-order valence-corrected chi connectivity index (χ0v) is 18.2. The zero-order valence-electron chi connectivity index (χ0n) is 18.2. The molecule has 3 rings (SSSR count). The van der Waals surface area contributed by atoms with E-state index in [0.717, 1.165) is 5.56 Å². The third-order valence-electron chi connectivity index (χ3n) is 5.55. The molecule has 2 N–H and O–H groups in total. The summed E-state index contributed by atoms with van der Waals surface area (Å²) < 4.78 is 93.1. The van der Waals surface area contributed by atoms with Crippen molar-refractivity contribution in [2.24, 2.45) is 0 Å². The van der Waals surface area contributed by atoms with Crippen LogP contribution in [0.4, 0.5) is 48.2 Å². The molecular weight excluding hydrogens is 471 g/mol. The minimum atomic E-state index is -5.35. The number of aryl methyl sites for hydroxylation is 1. The van der Waals surface area contributed by atoms with E-state index in [-0.39, 0.29) is 29.8 Å². The van der Waals surface area contributed by atoms with Crippen molar-refractivity contribution in [1.29, 1.82) is 0 Å². The van der Waals surface area contributed by atoms with Gasteiger partial charge in [0.15, 0.2) is 0 Å². The van der Waals surface area contributed by atoms with Crippen LogP contribution in [-0.4, -0.2) is 41.2 Å². The minimum absolute atomic E-state index is 0.0437. The highest BCUT2D eigenvalue weighted by Crippen LogP contribution is 2.37. The summed E-state index contributed by atoms with van der Waals surface area (Å²) in [6, 6.07) is -0.271. The lowest BCUT2D eigenvalue weighted by molar-refractivity contribution is -0.171. The predicted molar refractivity (Wildman–Crippen MR) is 111 cm³/mol. The fourth-order valence-electron chi connectivity index (χ4n) is 3.93. The molecular formula is C21H22F7N5O. The number of anilines is 3. The Bertz CT molecular complexity index is 1030. The number of halogens is 7. The molecule has 0 radical (unpaired) electrons. The van der Waals surface area contributed by atoms with Gasteiger partial charge >= 0.3 is 18.3 Å². The Kier molecular flexibility index (Phi) is 7.22. The Labute approximate surface area is 190 Å². The van der Waals surface area contributed by atoms with Gasteiger partial charge in [-0.25, -0.2) is 9.37 Å². The van der Waals surface area contributed by atoms with E-state index in [1.54, 1.807) is 13.2 Å². The Hall–Kier alpha value is -3.12. The highest BCUT2D eigenvalue weighted by Gasteiger charge is 2.46. The molecule has 0 aliphatic heterocycles. The molecule has 1 aliphatic rings. The fraction of sp³-hybridized carbons (Fsp3) is 0.476. The quantitative estimate of drug-likeness (QED) is 0.553. The van der Waals surface area contributed by atoms with Gasteiger partial charge in [-0.2, -0.15) is 31.3 Å². The number of alkyl halides is 6. The summed E-state index contributed by atoms with van der Waals surface area (Å²) >= 11 is 0. The zero-order chi connectivity index (χ0) is 25.3. The Balaban J connectivity index is 1.82. The molecule has 0 bridgehead atoms. The van der Waals surface area contributed by atoms with Crippen molar-refractivity contribution in [2.75, 3.05) is 22.6 Å². The second-order valence-corrected chi connectivity index (χ2v) is 7.99. The predicted octanol–water partition coefficient (Wildman–Crippen LogP) is 5.30. The van der Waals surface area contributed by atoms with Gasteiger partial charge in [0.1, 0.15) is 11.6 Å². The van der Waals surface area contributed by atoms with Crippen LogP contribution in [0.15, 0.2) is 24.4 Å². The molecule has 1 aliphatic carbocycles. The first-order valence-corrected chi connectivity index (χ1v) is 10.4. The molecule has 0 unspecified atom stereocenters. The number of amides is 1. The third kappa shape index (κ3) is 5.86. The van der Waals surface area contributed by atoms with Gasteiger partial charge in [0.2, 0.25) is 5.95 Å². The maximum atomic E-state index is 13.9. The van der Waals surface area contributed by atoms with E-state index in [4.69, 9.17) is 0 Å². The number of hydrogen-bond donors (Lipinski definition) is 2. The molecule has 13 heteroatoms. The molecule has 1 aromatic heterocycles. The number of carbonyl (C=O) groups is 1. The lowest BCUT2D eigenvalue weighted by Gasteiger charge is -2.37. The maximum absolute atomic E-state index is 13.9. The molecule has 1 heterocycles. The number of nitrogens with zero attached hydrogens (tertiary/aromatic N) is 3. The molecule has 2 aromatic rings. The van der Waals surface area contributed by atoms with E-state index < -0.39 is 41.4 Å². The van der Waals surface area contributed by atoms with Gasteiger partial charge in [-0.1, -0.05) is 0 Å². The summed E-state index contributed by atoms with van der Waals surface area (Å²) in [7, 11) is 1.69. The fourth-order valence-corrected chi connectivity index (χ4v) is 3.93. The number of carbonyl (C=O) groups excluding carboxylic acids is 1. The van der Waals surface area contributed by atoms with Gasteiger partial charge in [0.05, 0.1) is 5.56 Å². The SMILES string of the molecule is CNc1nc(NC2CCC(N(C(=O)C(F)(F)F)c3cc(F)cc(C(F)(F)F)c3)CC2)ncc1C. The third-order valence-corrected chi connectivity index (χ3v) is 5.55. The van der Waals surface area contributed by atoms with Gasteiger partial charge < -0.3 is 15.5 Å². The van der Waals surface area contributed by atoms with Crippen LogP contribution in [0.1, 0.15) is 36.8 Å². The van der Waals surface area contributed by atoms with Crippen LogP contribution in [0.5, 0.6) is 0 Å². The number of rotatable bonds is 5. The molecule has 186 valence electrons. The average Bonchev–Trinajstić information content (AvgIpc) is 2.75. The second-order valence-electron chi connectivity index (χ2n) is 7.99. The Morgan fingerprint density at radius 1 is 1.06 bits per heavy atom. The maximum Gasteiger partial charge on any atom is 0.471 e. The lowest BCUT2D eigenvalue weighted by Crippen LogP contribution is -2.49. The van der Waals surface area contributed by atoms with Crippen molar-refractivity contribution in [3.05, 3.63) is 41.3 Å². The first-order valence-electron chi connectivity index (χ1n) is 10.4. The van der Waals surface area contributed by atoms with E-state index in [2.05, 4.69) is 20.6 Å². The van der Waals surface area contributed by atoms with Crippen LogP contribution in [0.2, 0.25) is 0 Å². The second kappa shape index (κ2) is 9.63. The Morgan fingerprint density at radius 3 is 2.26 bits per heavy atom. The van der Waals surface area contributed by atoms with E-state index in [1.807, 2.05) is 6.92 Å². The van der Waals surface area contributed by atoms with Crippen LogP contribution in [-0.2, 0) is 11.0 Å². The summed E-state index contributed by atoms with van der Waals surface area (Å²) in [6.07, 6.45) is -8.08. The van der Waals surface area contributed by atoms with E-state index in [9.17, 15) is 35.5 Å². The van der Waals surface area contributed by atoms with E-state index in [1.165, 1.54) is 0 Å². The smallest absolute Gasteiger partial charge is 0.373 e. The molecule has 1 amide bonds. The van der Waals surface area contributed by atoms with Crippen molar-refractivity contribution in [3.8, 4) is 0 Å². The van der Waals surface area contributed by atoms with Gasteiger partial charge in [0, 0.05) is 36.6 Å². The summed E-state index contributed by atoms with van der Waals surface area (Å²) in [4.78, 5) is 20.9. The largest absolute Gasteiger partial charge is 0.471 e. The van der Waals surface area contributed by atoms with Gasteiger partial charge in [-0.3, -0.25) is 4.79 Å². The number of benzene rings is 1. The summed E-state index contributed by atoms with van der Waals surface area (Å²) in [5, 5.41) is 5.99. The first kappa shape index (κ1) is 25.5. The standard InChI is InChI=1S/C21H22F7N5O/c1-11-10-30-19(32-17(11)29-2)31-14-3-5-15(6-4-14)33(18(34)21(26,27)28)16-8-12(20(23,24)25)7-13(22)9-16/h7-10,14-15H,3-6H2,1-2H3,(H2,29,30,31,32). The topological polar surface area (TPSA) is 70.2 Å². The lowest BCUT2D eigenvalue weighted by atomic mass is 9.89. The number of hydrogen-bond acceptors (Lipinski definition) is 5. The van der Waals surface area contributed by atoms with Crippen molar-refractivity contribution in [1.82, 2.24) is 9.97 Å². The van der Waals surface area contributed by atoms with E-state index >= 15 is 0 Å². The highest BCUT2D eigenvalue weighted by molar-refractivity contribution is 5.98. The van der Waals surface area contributed by atoms with Crippen LogP contribution < -0.4 is 15.5 Å². The molecule has 0 atom stereocenters. The van der Waals surface area contributed by atoms with Crippen molar-refractivity contribution in [3.63, 3.8) is 0 Å². The average molecular weight is 493 g/mol. The van der Waals surface area contributed by atoms with Gasteiger partial charge in [0.25, 0.3) is 0 Å². The summed E-state index contributed by atoms with van der Waals surface area (Å²) in [5.74, 6) is -2.83. The van der Waals surface area contributed by atoms with E-state index in [0.29, 0.717) is 36.7 Å². The van der Waals surface area contributed by atoms with Crippen LogP contribution in [0.25, 0.3) is 0 Å². The molecule has 34 heavy (non-hydrogen) atoms. The molecule has 1 fully saturated rings. The van der Waals surface area contributed by atoms with Crippen LogP contribution in [0, 0.1) is 12.7 Å². The van der Waals surface area contributed by atoms with Crippen LogP contribution in [0.3, 0.4) is 0 Å². The van der Waals surface area contributed by atoms with Crippen molar-refractivity contribution < 1.29 is 35.5 Å². The molecule has 0 spiro atoms. The molecule has 1 aromatic carbocycles. The van der Waals surface area contributed by atoms with Crippen LogP contribution >= 0.6 is 0 Å². The normalized spacial score (nSPS) is 19.0. The highest BCUT2D eigenvalue weighted by atomic mass is 19.4. The van der Waals surface area contributed by atoms with Crippen molar-refractivity contribution >= 4 is 23.4 Å².